The van der Waals surface area contributed by atoms with Gasteiger partial charge in [0.2, 0.25) is 0 Å². The predicted octanol–water partition coefficient (Wildman–Crippen LogP) is 4.26. The average Bonchev–Trinajstić information content (AvgIpc) is 3.28. The van der Waals surface area contributed by atoms with Crippen LogP contribution in [0.3, 0.4) is 0 Å². The fourth-order valence-electron chi connectivity index (χ4n) is 3.82. The third-order valence-electron chi connectivity index (χ3n) is 5.19. The first-order chi connectivity index (χ1) is 13.0. The molecule has 1 atom stereocenters. The number of hydrogen-bond acceptors (Lipinski definition) is 2. The quantitative estimate of drug-likeness (QED) is 0.697. The SMILES string of the molecule is Cc1cc(C)n(-c2ccc(C(=O)N3CC[C@@H](c4ccccc4F)C3)cc2)n1. The summed E-state index contributed by atoms with van der Waals surface area (Å²) in [6.45, 7) is 5.17. The normalized spacial score (nSPS) is 16.7. The molecule has 138 valence electrons. The Morgan fingerprint density at radius 3 is 2.52 bits per heavy atom. The third-order valence-corrected chi connectivity index (χ3v) is 5.19. The van der Waals surface area contributed by atoms with Gasteiger partial charge in [0.25, 0.3) is 5.91 Å². The molecule has 0 unspecified atom stereocenters. The van der Waals surface area contributed by atoms with Crippen LogP contribution in [0.1, 0.15) is 39.6 Å². The number of halogens is 1. The van der Waals surface area contributed by atoms with Crippen molar-refractivity contribution in [1.82, 2.24) is 14.7 Å². The van der Waals surface area contributed by atoms with Crippen molar-refractivity contribution in [1.29, 1.82) is 0 Å². The predicted molar refractivity (Wildman–Crippen MR) is 103 cm³/mol. The second kappa shape index (κ2) is 6.99. The maximum absolute atomic E-state index is 14.0. The highest BCUT2D eigenvalue weighted by Gasteiger charge is 2.29. The van der Waals surface area contributed by atoms with Gasteiger partial charge in [-0.15, -0.1) is 0 Å². The summed E-state index contributed by atoms with van der Waals surface area (Å²) in [6, 6.07) is 16.4. The van der Waals surface area contributed by atoms with Gasteiger partial charge in [0, 0.05) is 30.3 Å². The monoisotopic (exact) mass is 363 g/mol. The Kier molecular flexibility index (Phi) is 4.52. The van der Waals surface area contributed by atoms with Crippen LogP contribution in [0.4, 0.5) is 4.39 Å². The van der Waals surface area contributed by atoms with E-state index in [-0.39, 0.29) is 17.6 Å². The van der Waals surface area contributed by atoms with Crippen molar-refractivity contribution in [2.45, 2.75) is 26.2 Å². The molecule has 0 spiro atoms. The van der Waals surface area contributed by atoms with Gasteiger partial charge in [0.05, 0.1) is 11.4 Å². The number of carbonyl (C=O) groups excluding carboxylic acids is 1. The van der Waals surface area contributed by atoms with Gasteiger partial charge in [-0.25, -0.2) is 9.07 Å². The molecule has 0 saturated carbocycles. The summed E-state index contributed by atoms with van der Waals surface area (Å²) in [5, 5.41) is 4.47. The lowest BCUT2D eigenvalue weighted by Crippen LogP contribution is -2.28. The van der Waals surface area contributed by atoms with E-state index in [0.717, 1.165) is 23.5 Å². The van der Waals surface area contributed by atoms with Crippen LogP contribution in [0.5, 0.6) is 0 Å². The first-order valence-electron chi connectivity index (χ1n) is 9.20. The van der Waals surface area contributed by atoms with Crippen LogP contribution >= 0.6 is 0 Å². The molecule has 1 fully saturated rings. The summed E-state index contributed by atoms with van der Waals surface area (Å²) in [7, 11) is 0. The van der Waals surface area contributed by atoms with Crippen molar-refractivity contribution in [2.75, 3.05) is 13.1 Å². The third kappa shape index (κ3) is 3.37. The minimum absolute atomic E-state index is 0.00578. The molecule has 4 nitrogen and oxygen atoms in total. The largest absolute Gasteiger partial charge is 0.338 e. The van der Waals surface area contributed by atoms with Gasteiger partial charge in [-0.3, -0.25) is 4.79 Å². The number of nitrogens with zero attached hydrogens (tertiary/aromatic N) is 3. The zero-order valence-corrected chi connectivity index (χ0v) is 15.5. The number of rotatable bonds is 3. The zero-order valence-electron chi connectivity index (χ0n) is 15.5. The molecule has 2 heterocycles. The molecule has 2 aromatic carbocycles. The molecule has 1 amide bonds. The highest BCUT2D eigenvalue weighted by atomic mass is 19.1. The molecule has 0 radical (unpaired) electrons. The van der Waals surface area contributed by atoms with E-state index in [4.69, 9.17) is 0 Å². The van der Waals surface area contributed by atoms with Crippen molar-refractivity contribution >= 4 is 5.91 Å². The number of amides is 1. The summed E-state index contributed by atoms with van der Waals surface area (Å²) >= 11 is 0. The minimum Gasteiger partial charge on any atom is -0.338 e. The Labute approximate surface area is 158 Å². The second-order valence-electron chi connectivity index (χ2n) is 7.14. The molecule has 3 aromatic rings. The van der Waals surface area contributed by atoms with Crippen LogP contribution < -0.4 is 0 Å². The minimum atomic E-state index is -0.189. The number of likely N-dealkylation sites (tertiary alicyclic amines) is 1. The molecule has 1 saturated heterocycles. The van der Waals surface area contributed by atoms with Gasteiger partial charge in [0.1, 0.15) is 5.82 Å². The fourth-order valence-corrected chi connectivity index (χ4v) is 3.82. The van der Waals surface area contributed by atoms with Gasteiger partial charge in [-0.2, -0.15) is 5.10 Å². The standard InChI is InChI=1S/C22H22FN3O/c1-15-13-16(2)26(24-15)19-9-7-17(8-10-19)22(27)25-12-11-18(14-25)20-5-3-4-6-21(20)23/h3-10,13,18H,11-12,14H2,1-2H3/t18-/m1/s1. The van der Waals surface area contributed by atoms with Crippen LogP contribution in [0.25, 0.3) is 5.69 Å². The molecular weight excluding hydrogens is 341 g/mol. The average molecular weight is 363 g/mol. The number of benzene rings is 2. The number of aryl methyl sites for hydroxylation is 2. The Morgan fingerprint density at radius 1 is 1.11 bits per heavy atom. The second-order valence-corrected chi connectivity index (χ2v) is 7.14. The van der Waals surface area contributed by atoms with Crippen LogP contribution in [-0.2, 0) is 0 Å². The highest BCUT2D eigenvalue weighted by Crippen LogP contribution is 2.29. The first-order valence-corrected chi connectivity index (χ1v) is 9.20. The molecular formula is C22H22FN3O. The van der Waals surface area contributed by atoms with Gasteiger partial charge in [-0.1, -0.05) is 18.2 Å². The maximum atomic E-state index is 14.0. The van der Waals surface area contributed by atoms with Crippen molar-refractivity contribution in [3.63, 3.8) is 0 Å². The van der Waals surface area contributed by atoms with Gasteiger partial charge in [-0.05, 0) is 62.2 Å². The van der Waals surface area contributed by atoms with Crippen LogP contribution in [0.15, 0.2) is 54.6 Å². The van der Waals surface area contributed by atoms with Gasteiger partial charge in [0.15, 0.2) is 0 Å². The zero-order chi connectivity index (χ0) is 19.0. The van der Waals surface area contributed by atoms with Crippen LogP contribution in [0.2, 0.25) is 0 Å². The van der Waals surface area contributed by atoms with Crippen molar-refractivity contribution in [3.05, 3.63) is 82.9 Å². The van der Waals surface area contributed by atoms with Crippen molar-refractivity contribution < 1.29 is 9.18 Å². The number of hydrogen-bond donors (Lipinski definition) is 0. The lowest BCUT2D eigenvalue weighted by atomic mass is 9.98. The molecule has 4 rings (SSSR count). The Morgan fingerprint density at radius 2 is 1.85 bits per heavy atom. The number of aromatic nitrogens is 2. The lowest BCUT2D eigenvalue weighted by molar-refractivity contribution is 0.0790. The molecule has 27 heavy (non-hydrogen) atoms. The molecule has 1 aliphatic heterocycles. The first kappa shape index (κ1) is 17.5. The van der Waals surface area contributed by atoms with Gasteiger partial charge < -0.3 is 4.90 Å². The van der Waals surface area contributed by atoms with E-state index >= 15 is 0 Å². The van der Waals surface area contributed by atoms with E-state index in [1.165, 1.54) is 6.07 Å². The Hall–Kier alpha value is -2.95. The van der Waals surface area contributed by atoms with E-state index in [0.29, 0.717) is 24.2 Å². The van der Waals surface area contributed by atoms with E-state index in [9.17, 15) is 9.18 Å². The molecule has 0 aliphatic carbocycles. The maximum Gasteiger partial charge on any atom is 0.253 e. The van der Waals surface area contributed by atoms with E-state index < -0.39 is 0 Å². The lowest BCUT2D eigenvalue weighted by Gasteiger charge is -2.17. The molecule has 1 aromatic heterocycles. The van der Waals surface area contributed by atoms with Gasteiger partial charge >= 0.3 is 0 Å². The van der Waals surface area contributed by atoms with Crippen molar-refractivity contribution in [3.8, 4) is 5.69 Å². The molecule has 1 aliphatic rings. The summed E-state index contributed by atoms with van der Waals surface area (Å²) in [5.74, 6) is -0.135. The van der Waals surface area contributed by atoms with Crippen LogP contribution in [0, 0.1) is 19.7 Å². The summed E-state index contributed by atoms with van der Waals surface area (Å²) in [6.07, 6.45) is 0.788. The number of carbonyl (C=O) groups is 1. The molecule has 5 heteroatoms. The highest BCUT2D eigenvalue weighted by molar-refractivity contribution is 5.94. The topological polar surface area (TPSA) is 38.1 Å². The summed E-state index contributed by atoms with van der Waals surface area (Å²) in [5.41, 5.74) is 4.30. The fraction of sp³-hybridized carbons (Fsp3) is 0.273. The van der Waals surface area contributed by atoms with E-state index in [2.05, 4.69) is 5.10 Å². The molecule has 0 bridgehead atoms. The van der Waals surface area contributed by atoms with Crippen molar-refractivity contribution in [2.24, 2.45) is 0 Å². The molecule has 0 N–H and O–H groups in total. The van der Waals surface area contributed by atoms with Crippen LogP contribution in [-0.4, -0.2) is 33.7 Å². The van der Waals surface area contributed by atoms with E-state index in [1.807, 2.05) is 65.9 Å². The smallest absolute Gasteiger partial charge is 0.253 e. The Bertz CT molecular complexity index is 977. The van der Waals surface area contributed by atoms with E-state index in [1.54, 1.807) is 6.07 Å². The Balaban J connectivity index is 1.49. The summed E-state index contributed by atoms with van der Waals surface area (Å²) in [4.78, 5) is 14.7. The summed E-state index contributed by atoms with van der Waals surface area (Å²) < 4.78 is 15.9.